The second-order valence-corrected chi connectivity index (χ2v) is 4.16. The van der Waals surface area contributed by atoms with Gasteiger partial charge in [0.15, 0.2) is 0 Å². The van der Waals surface area contributed by atoms with Gasteiger partial charge in [-0.3, -0.25) is 0 Å². The van der Waals surface area contributed by atoms with Crippen LogP contribution in [0.15, 0.2) is 42.5 Å². The van der Waals surface area contributed by atoms with Crippen molar-refractivity contribution in [3.8, 4) is 5.75 Å². The first-order valence-corrected chi connectivity index (χ1v) is 5.98. The zero-order valence-electron chi connectivity index (χ0n) is 10.7. The first kappa shape index (κ1) is 14.2. The van der Waals surface area contributed by atoms with Crippen LogP contribution in [0.5, 0.6) is 5.75 Å². The van der Waals surface area contributed by atoms with Gasteiger partial charge in [-0.25, -0.2) is 4.98 Å². The number of rotatable bonds is 5. The van der Waals surface area contributed by atoms with Gasteiger partial charge in [-0.05, 0) is 36.8 Å². The summed E-state index contributed by atoms with van der Waals surface area (Å²) in [4.78, 5) is 3.69. The molecule has 20 heavy (non-hydrogen) atoms. The van der Waals surface area contributed by atoms with Crippen molar-refractivity contribution in [1.82, 2.24) is 4.98 Å². The van der Waals surface area contributed by atoms with E-state index in [2.05, 4.69) is 15.0 Å². The van der Waals surface area contributed by atoms with Crippen LogP contribution in [0.4, 0.5) is 19.0 Å². The van der Waals surface area contributed by atoms with Gasteiger partial charge in [0.05, 0.1) is 0 Å². The summed E-state index contributed by atoms with van der Waals surface area (Å²) in [7, 11) is 0. The maximum absolute atomic E-state index is 13.0. The molecule has 1 heterocycles. The Morgan fingerprint density at radius 3 is 2.40 bits per heavy atom. The fourth-order valence-corrected chi connectivity index (χ4v) is 1.73. The summed E-state index contributed by atoms with van der Waals surface area (Å²) >= 11 is 0. The molecule has 6 heteroatoms. The maximum atomic E-state index is 13.0. The van der Waals surface area contributed by atoms with Crippen LogP contribution in [0.2, 0.25) is 0 Å². The number of nitrogens with one attached hydrogen (secondary N) is 1. The van der Waals surface area contributed by atoms with E-state index in [0.717, 1.165) is 5.56 Å². The van der Waals surface area contributed by atoms with E-state index < -0.39 is 12.6 Å². The van der Waals surface area contributed by atoms with Gasteiger partial charge >= 0.3 is 6.61 Å². The molecule has 0 aliphatic heterocycles. The van der Waals surface area contributed by atoms with Crippen LogP contribution in [0.3, 0.4) is 0 Å². The molecule has 0 saturated heterocycles. The van der Waals surface area contributed by atoms with Crippen molar-refractivity contribution >= 4 is 5.82 Å². The lowest BCUT2D eigenvalue weighted by atomic mass is 10.1. The third kappa shape index (κ3) is 3.88. The monoisotopic (exact) mass is 282 g/mol. The number of anilines is 1. The molecule has 2 aromatic rings. The molecular formula is C14H13F3N2O. The van der Waals surface area contributed by atoms with Crippen LogP contribution in [0.1, 0.15) is 18.5 Å². The zero-order chi connectivity index (χ0) is 14.5. The standard InChI is InChI=1S/C14H13F3N2O/c1-9(18-13-4-2-3-12(15)19-13)10-5-7-11(8-6-10)20-14(16)17/h2-9,14H,1H3,(H,18,19). The number of pyridine rings is 1. The fraction of sp³-hybridized carbons (Fsp3) is 0.214. The van der Waals surface area contributed by atoms with E-state index in [4.69, 9.17) is 0 Å². The largest absolute Gasteiger partial charge is 0.435 e. The minimum absolute atomic E-state index is 0.0971. The Balaban J connectivity index is 2.03. The first-order chi connectivity index (χ1) is 9.54. The van der Waals surface area contributed by atoms with Gasteiger partial charge in [0.2, 0.25) is 5.95 Å². The molecule has 0 saturated carbocycles. The van der Waals surface area contributed by atoms with Gasteiger partial charge in [0.1, 0.15) is 11.6 Å². The molecule has 0 aliphatic carbocycles. The fourth-order valence-electron chi connectivity index (χ4n) is 1.73. The quantitative estimate of drug-likeness (QED) is 0.842. The van der Waals surface area contributed by atoms with E-state index >= 15 is 0 Å². The highest BCUT2D eigenvalue weighted by Gasteiger charge is 2.08. The van der Waals surface area contributed by atoms with Crippen molar-refractivity contribution in [2.45, 2.75) is 19.6 Å². The average Bonchev–Trinajstić information content (AvgIpc) is 2.38. The van der Waals surface area contributed by atoms with E-state index in [-0.39, 0.29) is 11.8 Å². The summed E-state index contributed by atoms with van der Waals surface area (Å²) < 4.78 is 41.3. The predicted molar refractivity (Wildman–Crippen MR) is 69.3 cm³/mol. The van der Waals surface area contributed by atoms with Gasteiger partial charge in [-0.15, -0.1) is 0 Å². The number of halogens is 3. The van der Waals surface area contributed by atoms with E-state index in [0.29, 0.717) is 5.82 Å². The van der Waals surface area contributed by atoms with E-state index in [9.17, 15) is 13.2 Å². The van der Waals surface area contributed by atoms with Gasteiger partial charge < -0.3 is 10.1 Å². The van der Waals surface area contributed by atoms with Crippen LogP contribution in [0, 0.1) is 5.95 Å². The Labute approximate surface area is 114 Å². The smallest absolute Gasteiger partial charge is 0.387 e. The SMILES string of the molecule is CC(Nc1cccc(F)n1)c1ccc(OC(F)F)cc1. The lowest BCUT2D eigenvalue weighted by molar-refractivity contribution is -0.0498. The molecule has 0 fully saturated rings. The molecule has 0 radical (unpaired) electrons. The highest BCUT2D eigenvalue weighted by Crippen LogP contribution is 2.21. The van der Waals surface area contributed by atoms with Crippen molar-refractivity contribution < 1.29 is 17.9 Å². The van der Waals surface area contributed by atoms with Crippen molar-refractivity contribution in [1.29, 1.82) is 0 Å². The second-order valence-electron chi connectivity index (χ2n) is 4.16. The molecule has 1 aromatic heterocycles. The number of hydrogen-bond donors (Lipinski definition) is 1. The molecule has 1 unspecified atom stereocenters. The van der Waals surface area contributed by atoms with Crippen LogP contribution in [-0.2, 0) is 0 Å². The lowest BCUT2D eigenvalue weighted by Gasteiger charge is -2.15. The number of nitrogens with zero attached hydrogens (tertiary/aromatic N) is 1. The maximum Gasteiger partial charge on any atom is 0.387 e. The number of aromatic nitrogens is 1. The minimum atomic E-state index is -2.84. The third-order valence-electron chi connectivity index (χ3n) is 2.68. The highest BCUT2D eigenvalue weighted by molar-refractivity contribution is 5.39. The molecule has 1 N–H and O–H groups in total. The molecular weight excluding hydrogens is 269 g/mol. The Kier molecular flexibility index (Phi) is 4.45. The predicted octanol–water partition coefficient (Wildman–Crippen LogP) is 4.00. The Bertz CT molecular complexity index is 561. The number of hydrogen-bond acceptors (Lipinski definition) is 3. The third-order valence-corrected chi connectivity index (χ3v) is 2.68. The van der Waals surface area contributed by atoms with Crippen LogP contribution in [0.25, 0.3) is 0 Å². The summed E-state index contributed by atoms with van der Waals surface area (Å²) in [5, 5.41) is 3.02. The van der Waals surface area contributed by atoms with Crippen LogP contribution < -0.4 is 10.1 Å². The van der Waals surface area contributed by atoms with Crippen LogP contribution in [-0.4, -0.2) is 11.6 Å². The summed E-state index contributed by atoms with van der Waals surface area (Å²) in [6.45, 7) is -0.983. The molecule has 3 nitrogen and oxygen atoms in total. The molecule has 0 spiro atoms. The molecule has 1 aromatic carbocycles. The lowest BCUT2D eigenvalue weighted by Crippen LogP contribution is -2.08. The summed E-state index contributed by atoms with van der Waals surface area (Å²) in [6.07, 6.45) is 0. The van der Waals surface area contributed by atoms with Crippen molar-refractivity contribution in [2.24, 2.45) is 0 Å². The van der Waals surface area contributed by atoms with Crippen molar-refractivity contribution in [3.05, 3.63) is 54.0 Å². The van der Waals surface area contributed by atoms with Gasteiger partial charge in [0.25, 0.3) is 0 Å². The van der Waals surface area contributed by atoms with Crippen molar-refractivity contribution in [2.75, 3.05) is 5.32 Å². The molecule has 1 atom stereocenters. The average molecular weight is 282 g/mol. The molecule has 2 rings (SSSR count). The van der Waals surface area contributed by atoms with E-state index in [1.54, 1.807) is 24.3 Å². The van der Waals surface area contributed by atoms with Crippen molar-refractivity contribution in [3.63, 3.8) is 0 Å². The summed E-state index contributed by atoms with van der Waals surface area (Å²) in [5.41, 5.74) is 0.845. The minimum Gasteiger partial charge on any atom is -0.435 e. The number of ether oxygens (including phenoxy) is 1. The Hall–Kier alpha value is -2.24. The van der Waals surface area contributed by atoms with E-state index in [1.165, 1.54) is 18.2 Å². The molecule has 0 aliphatic rings. The number of alkyl halides is 2. The molecule has 106 valence electrons. The Morgan fingerprint density at radius 2 is 1.80 bits per heavy atom. The van der Waals surface area contributed by atoms with Gasteiger partial charge in [-0.1, -0.05) is 18.2 Å². The highest BCUT2D eigenvalue weighted by atomic mass is 19.3. The Morgan fingerprint density at radius 1 is 1.10 bits per heavy atom. The topological polar surface area (TPSA) is 34.2 Å². The molecule has 0 amide bonds. The van der Waals surface area contributed by atoms with Gasteiger partial charge in [-0.2, -0.15) is 13.2 Å². The molecule has 0 bridgehead atoms. The first-order valence-electron chi connectivity index (χ1n) is 5.98. The summed E-state index contributed by atoms with van der Waals surface area (Å²) in [6, 6.07) is 10.5. The van der Waals surface area contributed by atoms with Crippen LogP contribution >= 0.6 is 0 Å². The normalized spacial score (nSPS) is 12.2. The van der Waals surface area contributed by atoms with E-state index in [1.807, 2.05) is 6.92 Å². The van der Waals surface area contributed by atoms with Gasteiger partial charge in [0, 0.05) is 6.04 Å². The number of benzene rings is 1. The summed E-state index contributed by atoms with van der Waals surface area (Å²) in [5.74, 6) is -0.0619. The zero-order valence-corrected chi connectivity index (χ0v) is 10.7. The second kappa shape index (κ2) is 6.27.